The van der Waals surface area contributed by atoms with Gasteiger partial charge in [0.2, 0.25) is 0 Å². The van der Waals surface area contributed by atoms with E-state index in [1.807, 2.05) is 18.2 Å². The fraction of sp³-hybridized carbons (Fsp3) is 0.455. The zero-order valence-corrected chi connectivity index (χ0v) is 16.9. The van der Waals surface area contributed by atoms with Crippen molar-refractivity contribution in [2.24, 2.45) is 5.92 Å². The summed E-state index contributed by atoms with van der Waals surface area (Å²) >= 11 is 0. The van der Waals surface area contributed by atoms with Crippen LogP contribution in [0.1, 0.15) is 32.8 Å². The molecular weight excluding hydrogens is 354 g/mol. The van der Waals surface area contributed by atoms with Gasteiger partial charge in [0.15, 0.2) is 0 Å². The summed E-state index contributed by atoms with van der Waals surface area (Å²) in [6.07, 6.45) is 0.984. The van der Waals surface area contributed by atoms with Crippen molar-refractivity contribution >= 4 is 11.4 Å². The SMILES string of the molecule is CCC(OCC(C)C)C(CNc1ccc([N+](=O)[O-])cc1)NCc1ccccc1. The number of non-ortho nitro benzene ring substituents is 1. The topological polar surface area (TPSA) is 76.4 Å². The van der Waals surface area contributed by atoms with E-state index < -0.39 is 0 Å². The maximum Gasteiger partial charge on any atom is 0.269 e. The zero-order valence-electron chi connectivity index (χ0n) is 16.9. The summed E-state index contributed by atoms with van der Waals surface area (Å²) in [5.41, 5.74) is 2.17. The van der Waals surface area contributed by atoms with E-state index in [1.54, 1.807) is 12.1 Å². The van der Waals surface area contributed by atoms with Crippen LogP contribution in [0, 0.1) is 16.0 Å². The van der Waals surface area contributed by atoms with E-state index in [0.29, 0.717) is 12.5 Å². The minimum Gasteiger partial charge on any atom is -0.383 e. The van der Waals surface area contributed by atoms with Gasteiger partial charge in [-0.15, -0.1) is 0 Å². The molecule has 2 N–H and O–H groups in total. The second-order valence-corrected chi connectivity index (χ2v) is 7.33. The monoisotopic (exact) mass is 385 g/mol. The summed E-state index contributed by atoms with van der Waals surface area (Å²) in [6, 6.07) is 16.9. The third-order valence-corrected chi connectivity index (χ3v) is 4.51. The van der Waals surface area contributed by atoms with E-state index in [9.17, 15) is 10.1 Å². The van der Waals surface area contributed by atoms with Crippen molar-refractivity contribution in [1.29, 1.82) is 0 Å². The molecule has 28 heavy (non-hydrogen) atoms. The molecule has 0 heterocycles. The van der Waals surface area contributed by atoms with E-state index in [-0.39, 0.29) is 22.8 Å². The Morgan fingerprint density at radius 2 is 1.75 bits per heavy atom. The molecule has 0 spiro atoms. The molecule has 2 aromatic rings. The molecule has 2 aromatic carbocycles. The molecule has 2 rings (SSSR count). The van der Waals surface area contributed by atoms with Crippen molar-refractivity contribution in [3.63, 3.8) is 0 Å². The maximum absolute atomic E-state index is 10.8. The quantitative estimate of drug-likeness (QED) is 0.412. The summed E-state index contributed by atoms with van der Waals surface area (Å²) in [7, 11) is 0. The first kappa shape index (κ1) is 21.9. The van der Waals surface area contributed by atoms with Crippen LogP contribution in [-0.2, 0) is 11.3 Å². The predicted molar refractivity (Wildman–Crippen MR) is 114 cm³/mol. The Labute approximate surface area is 167 Å². The first-order valence-electron chi connectivity index (χ1n) is 9.86. The zero-order chi connectivity index (χ0) is 20.4. The van der Waals surface area contributed by atoms with Gasteiger partial charge in [-0.1, -0.05) is 51.1 Å². The molecular formula is C22H31N3O3. The molecule has 0 aliphatic carbocycles. The average Bonchev–Trinajstić information content (AvgIpc) is 2.70. The third kappa shape index (κ3) is 7.29. The summed E-state index contributed by atoms with van der Waals surface area (Å²) in [5, 5.41) is 17.8. The number of benzene rings is 2. The van der Waals surface area contributed by atoms with Gasteiger partial charge in [0.25, 0.3) is 5.69 Å². The van der Waals surface area contributed by atoms with E-state index in [0.717, 1.165) is 25.3 Å². The van der Waals surface area contributed by atoms with Gasteiger partial charge in [-0.25, -0.2) is 0 Å². The highest BCUT2D eigenvalue weighted by Crippen LogP contribution is 2.16. The van der Waals surface area contributed by atoms with Crippen LogP contribution in [0.4, 0.5) is 11.4 Å². The van der Waals surface area contributed by atoms with Gasteiger partial charge in [-0.05, 0) is 30.0 Å². The lowest BCUT2D eigenvalue weighted by molar-refractivity contribution is -0.384. The molecule has 0 fully saturated rings. The van der Waals surface area contributed by atoms with E-state index >= 15 is 0 Å². The van der Waals surface area contributed by atoms with Gasteiger partial charge in [0.1, 0.15) is 0 Å². The minimum absolute atomic E-state index is 0.0802. The molecule has 0 aliphatic heterocycles. The minimum atomic E-state index is -0.388. The van der Waals surface area contributed by atoms with Crippen LogP contribution in [0.5, 0.6) is 0 Å². The van der Waals surface area contributed by atoms with E-state index in [1.165, 1.54) is 17.7 Å². The van der Waals surface area contributed by atoms with Crippen molar-refractivity contribution in [2.45, 2.75) is 45.9 Å². The van der Waals surface area contributed by atoms with Crippen LogP contribution in [0.15, 0.2) is 54.6 Å². The lowest BCUT2D eigenvalue weighted by Crippen LogP contribution is -2.46. The van der Waals surface area contributed by atoms with Gasteiger partial charge in [-0.3, -0.25) is 10.1 Å². The fourth-order valence-electron chi connectivity index (χ4n) is 2.94. The Hall–Kier alpha value is -2.44. The molecule has 0 saturated carbocycles. The van der Waals surface area contributed by atoms with Crippen LogP contribution in [0.2, 0.25) is 0 Å². The number of nitrogens with one attached hydrogen (secondary N) is 2. The summed E-state index contributed by atoms with van der Waals surface area (Å²) in [6.45, 7) is 8.58. The normalized spacial score (nSPS) is 13.3. The smallest absolute Gasteiger partial charge is 0.269 e. The Balaban J connectivity index is 2.01. The molecule has 152 valence electrons. The number of hydrogen-bond donors (Lipinski definition) is 2. The van der Waals surface area contributed by atoms with Gasteiger partial charge < -0.3 is 15.4 Å². The van der Waals surface area contributed by atoms with Crippen LogP contribution < -0.4 is 10.6 Å². The fourth-order valence-corrected chi connectivity index (χ4v) is 2.94. The summed E-state index contributed by atoms with van der Waals surface area (Å²) in [4.78, 5) is 10.4. The first-order chi connectivity index (χ1) is 13.5. The second-order valence-electron chi connectivity index (χ2n) is 7.33. The third-order valence-electron chi connectivity index (χ3n) is 4.51. The van der Waals surface area contributed by atoms with Crippen LogP contribution >= 0.6 is 0 Å². The highest BCUT2D eigenvalue weighted by molar-refractivity contribution is 5.48. The van der Waals surface area contributed by atoms with Crippen molar-refractivity contribution in [3.8, 4) is 0 Å². The highest BCUT2D eigenvalue weighted by Gasteiger charge is 2.21. The number of rotatable bonds is 12. The summed E-state index contributed by atoms with van der Waals surface area (Å²) in [5.74, 6) is 0.478. The molecule has 0 radical (unpaired) electrons. The Morgan fingerprint density at radius 1 is 1.07 bits per heavy atom. The lowest BCUT2D eigenvalue weighted by atomic mass is 10.1. The maximum atomic E-state index is 10.8. The Morgan fingerprint density at radius 3 is 2.32 bits per heavy atom. The number of nitrogens with zero attached hydrogens (tertiary/aromatic N) is 1. The van der Waals surface area contributed by atoms with Crippen molar-refractivity contribution in [1.82, 2.24) is 5.32 Å². The van der Waals surface area contributed by atoms with Crippen molar-refractivity contribution < 1.29 is 9.66 Å². The van der Waals surface area contributed by atoms with Crippen LogP contribution in [0.3, 0.4) is 0 Å². The predicted octanol–water partition coefficient (Wildman–Crippen LogP) is 4.62. The number of anilines is 1. The van der Waals surface area contributed by atoms with Crippen LogP contribution in [-0.4, -0.2) is 30.2 Å². The van der Waals surface area contributed by atoms with Crippen LogP contribution in [0.25, 0.3) is 0 Å². The van der Waals surface area contributed by atoms with Crippen molar-refractivity contribution in [3.05, 3.63) is 70.3 Å². The molecule has 0 aromatic heterocycles. The van der Waals surface area contributed by atoms with E-state index in [4.69, 9.17) is 4.74 Å². The average molecular weight is 386 g/mol. The molecule has 0 aliphatic rings. The molecule has 6 nitrogen and oxygen atoms in total. The van der Waals surface area contributed by atoms with Gasteiger partial charge in [0, 0.05) is 37.5 Å². The van der Waals surface area contributed by atoms with Gasteiger partial charge >= 0.3 is 0 Å². The first-order valence-corrected chi connectivity index (χ1v) is 9.86. The second kappa shape index (κ2) is 11.4. The summed E-state index contributed by atoms with van der Waals surface area (Å²) < 4.78 is 6.15. The molecule has 0 amide bonds. The van der Waals surface area contributed by atoms with Gasteiger partial charge in [-0.2, -0.15) is 0 Å². The Bertz CT molecular complexity index is 705. The molecule has 2 atom stereocenters. The number of hydrogen-bond acceptors (Lipinski definition) is 5. The highest BCUT2D eigenvalue weighted by atomic mass is 16.6. The number of ether oxygens (including phenoxy) is 1. The largest absolute Gasteiger partial charge is 0.383 e. The van der Waals surface area contributed by atoms with Crippen molar-refractivity contribution in [2.75, 3.05) is 18.5 Å². The van der Waals surface area contributed by atoms with E-state index in [2.05, 4.69) is 43.5 Å². The molecule has 0 bridgehead atoms. The van der Waals surface area contributed by atoms with Gasteiger partial charge in [0.05, 0.1) is 17.1 Å². The molecule has 6 heteroatoms. The molecule has 2 unspecified atom stereocenters. The number of nitro groups is 1. The standard InChI is InChI=1S/C22H31N3O3/c1-4-22(28-16-17(2)3)21(24-14-18-8-6-5-7-9-18)15-23-19-10-12-20(13-11-19)25(26)27/h5-13,17,21-24H,4,14-16H2,1-3H3. The molecule has 0 saturated heterocycles. The lowest BCUT2D eigenvalue weighted by Gasteiger charge is -2.29. The Kier molecular flexibility index (Phi) is 8.91. The number of nitro benzene ring substituents is 1.